The number of piperazine rings is 1. The Morgan fingerprint density at radius 1 is 0.897 bits per heavy atom. The zero-order valence-electron chi connectivity index (χ0n) is 21.8. The van der Waals surface area contributed by atoms with Crippen LogP contribution in [0.25, 0.3) is 16.9 Å². The fourth-order valence-corrected chi connectivity index (χ4v) is 4.70. The van der Waals surface area contributed by atoms with Crippen LogP contribution in [0.4, 0.5) is 10.1 Å². The van der Waals surface area contributed by atoms with Crippen molar-refractivity contribution in [3.05, 3.63) is 95.9 Å². The summed E-state index contributed by atoms with van der Waals surface area (Å²) in [6.07, 6.45) is 0. The van der Waals surface area contributed by atoms with Crippen molar-refractivity contribution in [2.24, 2.45) is 0 Å². The number of hydrogen-bond acceptors (Lipinski definition) is 6. The van der Waals surface area contributed by atoms with Crippen molar-refractivity contribution in [1.82, 2.24) is 14.7 Å². The molecule has 1 fully saturated rings. The van der Waals surface area contributed by atoms with Gasteiger partial charge in [-0.2, -0.15) is 5.10 Å². The van der Waals surface area contributed by atoms with Gasteiger partial charge in [0.15, 0.2) is 5.69 Å². The summed E-state index contributed by atoms with van der Waals surface area (Å²) in [6, 6.07) is 22.9. The van der Waals surface area contributed by atoms with E-state index >= 15 is 0 Å². The lowest BCUT2D eigenvalue weighted by atomic mass is 10.1. The number of benzene rings is 3. The molecule has 9 heteroatoms. The number of aromatic nitrogens is 2. The fraction of sp³-hybridized carbons (Fsp3) is 0.233. The van der Waals surface area contributed by atoms with E-state index in [1.54, 1.807) is 49.0 Å². The Bertz CT molecular complexity index is 1480. The molecule has 0 bridgehead atoms. The van der Waals surface area contributed by atoms with Gasteiger partial charge in [0.2, 0.25) is 0 Å². The van der Waals surface area contributed by atoms with Crippen molar-refractivity contribution in [1.29, 1.82) is 0 Å². The third-order valence-corrected chi connectivity index (χ3v) is 6.68. The van der Waals surface area contributed by atoms with E-state index in [9.17, 15) is 14.0 Å². The van der Waals surface area contributed by atoms with Crippen LogP contribution in [0.5, 0.6) is 5.75 Å². The molecule has 39 heavy (non-hydrogen) atoms. The Morgan fingerprint density at radius 3 is 2.33 bits per heavy atom. The molecule has 0 aliphatic carbocycles. The molecule has 3 aromatic carbocycles. The summed E-state index contributed by atoms with van der Waals surface area (Å²) in [5.74, 6) is -0.397. The minimum atomic E-state index is -0.536. The maximum Gasteiger partial charge on any atom is 0.358 e. The first-order valence-corrected chi connectivity index (χ1v) is 12.8. The lowest BCUT2D eigenvalue weighted by molar-refractivity contribution is 0.0518. The predicted molar refractivity (Wildman–Crippen MR) is 146 cm³/mol. The Morgan fingerprint density at radius 2 is 1.64 bits per heavy atom. The van der Waals surface area contributed by atoms with Crippen LogP contribution in [0.3, 0.4) is 0 Å². The minimum absolute atomic E-state index is 0.0366. The number of amides is 1. The van der Waals surface area contributed by atoms with Crippen molar-refractivity contribution in [2.45, 2.75) is 6.92 Å². The number of anilines is 1. The first kappa shape index (κ1) is 26.0. The monoisotopic (exact) mass is 528 g/mol. The average molecular weight is 529 g/mol. The second kappa shape index (κ2) is 11.4. The van der Waals surface area contributed by atoms with Crippen LogP contribution in [0.2, 0.25) is 0 Å². The minimum Gasteiger partial charge on any atom is -0.496 e. The zero-order valence-corrected chi connectivity index (χ0v) is 21.8. The first-order valence-electron chi connectivity index (χ1n) is 12.8. The van der Waals surface area contributed by atoms with Gasteiger partial charge in [0.05, 0.1) is 30.7 Å². The Kier molecular flexibility index (Phi) is 7.58. The van der Waals surface area contributed by atoms with Crippen LogP contribution in [-0.2, 0) is 4.74 Å². The maximum absolute atomic E-state index is 14.0. The highest BCUT2D eigenvalue weighted by Gasteiger charge is 2.24. The maximum atomic E-state index is 14.0. The number of carbonyl (C=O) groups excluding carboxylic acids is 2. The Balaban J connectivity index is 1.34. The van der Waals surface area contributed by atoms with Crippen LogP contribution in [0.1, 0.15) is 27.8 Å². The van der Waals surface area contributed by atoms with Gasteiger partial charge in [0.1, 0.15) is 11.6 Å². The molecule has 0 unspecified atom stereocenters. The number of hydrogen-bond donors (Lipinski definition) is 0. The highest BCUT2D eigenvalue weighted by molar-refractivity contribution is 5.97. The SMILES string of the molecule is CCOC(=O)c1cc(-c2ccc(N3CCN(C(=O)c4ccccc4OC)CC3)cc2)n(-c2cccc(F)c2)n1. The lowest BCUT2D eigenvalue weighted by Gasteiger charge is -2.36. The molecular formula is C30H29FN4O4. The molecular weight excluding hydrogens is 499 g/mol. The second-order valence-corrected chi connectivity index (χ2v) is 9.05. The van der Waals surface area contributed by atoms with E-state index in [1.807, 2.05) is 41.3 Å². The van der Waals surface area contributed by atoms with Gasteiger partial charge in [-0.25, -0.2) is 13.9 Å². The number of halogens is 1. The van der Waals surface area contributed by atoms with Gasteiger partial charge in [-0.15, -0.1) is 0 Å². The van der Waals surface area contributed by atoms with E-state index in [2.05, 4.69) is 10.00 Å². The van der Waals surface area contributed by atoms with Crippen molar-refractivity contribution in [3.63, 3.8) is 0 Å². The fourth-order valence-electron chi connectivity index (χ4n) is 4.70. The number of para-hydroxylation sites is 1. The molecule has 0 spiro atoms. The van der Waals surface area contributed by atoms with Gasteiger partial charge in [-0.05, 0) is 55.5 Å². The summed E-state index contributed by atoms with van der Waals surface area (Å²) in [5.41, 5.74) is 3.69. The van der Waals surface area contributed by atoms with E-state index in [0.29, 0.717) is 48.9 Å². The van der Waals surface area contributed by atoms with Crippen LogP contribution in [0, 0.1) is 5.82 Å². The molecule has 1 aliphatic heterocycles. The zero-order chi connectivity index (χ0) is 27.4. The van der Waals surface area contributed by atoms with Crippen LogP contribution in [0.15, 0.2) is 78.9 Å². The molecule has 4 aromatic rings. The quantitative estimate of drug-likeness (QED) is 0.320. The summed E-state index contributed by atoms with van der Waals surface area (Å²) in [5, 5.41) is 4.41. The van der Waals surface area contributed by atoms with Crippen molar-refractivity contribution in [2.75, 3.05) is 44.8 Å². The predicted octanol–water partition coefficient (Wildman–Crippen LogP) is 4.83. The third-order valence-electron chi connectivity index (χ3n) is 6.68. The molecule has 0 N–H and O–H groups in total. The van der Waals surface area contributed by atoms with Gasteiger partial charge < -0.3 is 19.3 Å². The number of methoxy groups -OCH3 is 1. The molecule has 2 heterocycles. The number of rotatable bonds is 7. The van der Waals surface area contributed by atoms with Crippen LogP contribution in [-0.4, -0.2) is 66.5 Å². The standard InChI is InChI=1S/C30H29FN4O4/c1-3-39-30(37)26-20-27(35(32-26)24-8-6-7-22(31)19-24)21-11-13-23(14-12-21)33-15-17-34(18-16-33)29(36)25-9-4-5-10-28(25)38-2/h4-14,19-20H,3,15-18H2,1-2H3. The molecule has 200 valence electrons. The van der Waals surface area contributed by atoms with Gasteiger partial charge in [-0.3, -0.25) is 4.79 Å². The van der Waals surface area contributed by atoms with Crippen molar-refractivity contribution < 1.29 is 23.5 Å². The number of carbonyl (C=O) groups is 2. The summed E-state index contributed by atoms with van der Waals surface area (Å²) < 4.78 is 26.0. The molecule has 0 atom stereocenters. The average Bonchev–Trinajstić information content (AvgIpc) is 3.43. The molecule has 1 amide bonds. The summed E-state index contributed by atoms with van der Waals surface area (Å²) in [7, 11) is 1.57. The van der Waals surface area contributed by atoms with Crippen molar-refractivity contribution >= 4 is 17.6 Å². The first-order chi connectivity index (χ1) is 19.0. The summed E-state index contributed by atoms with van der Waals surface area (Å²) in [4.78, 5) is 29.5. The number of nitrogens with zero attached hydrogens (tertiary/aromatic N) is 4. The second-order valence-electron chi connectivity index (χ2n) is 9.05. The van der Waals surface area contributed by atoms with E-state index in [1.165, 1.54) is 12.1 Å². The van der Waals surface area contributed by atoms with Gasteiger partial charge in [-0.1, -0.05) is 30.3 Å². The summed E-state index contributed by atoms with van der Waals surface area (Å²) >= 11 is 0. The van der Waals surface area contributed by atoms with E-state index in [0.717, 1.165) is 11.3 Å². The molecule has 0 radical (unpaired) electrons. The molecule has 1 saturated heterocycles. The smallest absolute Gasteiger partial charge is 0.358 e. The molecule has 8 nitrogen and oxygen atoms in total. The normalized spacial score (nSPS) is 13.3. The molecule has 1 aromatic heterocycles. The van der Waals surface area contributed by atoms with E-state index < -0.39 is 11.8 Å². The van der Waals surface area contributed by atoms with Gasteiger partial charge in [0, 0.05) is 37.4 Å². The third kappa shape index (κ3) is 5.47. The van der Waals surface area contributed by atoms with Gasteiger partial charge >= 0.3 is 5.97 Å². The highest BCUT2D eigenvalue weighted by Crippen LogP contribution is 2.28. The molecule has 5 rings (SSSR count). The number of ether oxygens (including phenoxy) is 2. The largest absolute Gasteiger partial charge is 0.496 e. The lowest BCUT2D eigenvalue weighted by Crippen LogP contribution is -2.48. The molecule has 0 saturated carbocycles. The topological polar surface area (TPSA) is 76.9 Å². The van der Waals surface area contributed by atoms with E-state index in [4.69, 9.17) is 9.47 Å². The van der Waals surface area contributed by atoms with Crippen LogP contribution < -0.4 is 9.64 Å². The van der Waals surface area contributed by atoms with Gasteiger partial charge in [0.25, 0.3) is 5.91 Å². The Labute approximate surface area is 226 Å². The highest BCUT2D eigenvalue weighted by atomic mass is 19.1. The summed E-state index contributed by atoms with van der Waals surface area (Å²) in [6.45, 7) is 4.52. The van der Waals surface area contributed by atoms with E-state index in [-0.39, 0.29) is 18.2 Å². The van der Waals surface area contributed by atoms with Crippen LogP contribution >= 0.6 is 0 Å². The number of esters is 1. The molecule has 1 aliphatic rings. The Hall–Kier alpha value is -4.66. The van der Waals surface area contributed by atoms with Crippen molar-refractivity contribution in [3.8, 4) is 22.7 Å².